The second kappa shape index (κ2) is 5.65. The number of ether oxygens (including phenoxy) is 1. The monoisotopic (exact) mass is 275 g/mol. The third kappa shape index (κ3) is 3.59. The lowest BCUT2D eigenvalue weighted by Gasteiger charge is -2.22. The number of benzene rings is 1. The molecule has 1 aromatic carbocycles. The number of anilines is 1. The van der Waals surface area contributed by atoms with Crippen LogP contribution in [0.15, 0.2) is 24.3 Å². The highest BCUT2D eigenvalue weighted by molar-refractivity contribution is 5.96. The van der Waals surface area contributed by atoms with Gasteiger partial charge in [-0.2, -0.15) is 0 Å². The Kier molecular flexibility index (Phi) is 4.12. The first-order valence-corrected chi connectivity index (χ1v) is 6.97. The molecule has 0 radical (unpaired) electrons. The molecule has 1 aromatic rings. The van der Waals surface area contributed by atoms with Gasteiger partial charge in [-0.05, 0) is 38.8 Å². The van der Waals surface area contributed by atoms with Crippen molar-refractivity contribution in [2.45, 2.75) is 45.6 Å². The van der Waals surface area contributed by atoms with E-state index in [9.17, 15) is 9.59 Å². The zero-order chi connectivity index (χ0) is 14.8. The van der Waals surface area contributed by atoms with Crippen LogP contribution >= 0.6 is 0 Å². The molecule has 108 valence electrons. The summed E-state index contributed by atoms with van der Waals surface area (Å²) < 4.78 is 5.34. The second-order valence-corrected chi connectivity index (χ2v) is 6.04. The smallest absolute Gasteiger partial charge is 0.310 e. The van der Waals surface area contributed by atoms with Crippen molar-refractivity contribution in [1.29, 1.82) is 0 Å². The summed E-state index contributed by atoms with van der Waals surface area (Å²) in [6.07, 6.45) is 1.65. The van der Waals surface area contributed by atoms with Crippen LogP contribution in [-0.2, 0) is 20.7 Å². The van der Waals surface area contributed by atoms with Crippen molar-refractivity contribution >= 4 is 17.6 Å². The predicted molar refractivity (Wildman–Crippen MR) is 77.6 cm³/mol. The minimum absolute atomic E-state index is 0.127. The summed E-state index contributed by atoms with van der Waals surface area (Å²) in [7, 11) is 0. The van der Waals surface area contributed by atoms with Crippen molar-refractivity contribution in [3.63, 3.8) is 0 Å². The molecule has 0 unspecified atom stereocenters. The third-order valence-corrected chi connectivity index (χ3v) is 3.11. The third-order valence-electron chi connectivity index (χ3n) is 3.11. The van der Waals surface area contributed by atoms with Crippen LogP contribution in [0.1, 0.15) is 39.2 Å². The first kappa shape index (κ1) is 14.6. The van der Waals surface area contributed by atoms with Crippen LogP contribution in [-0.4, -0.2) is 24.0 Å². The predicted octanol–water partition coefficient (Wildman–Crippen LogP) is 2.70. The summed E-state index contributed by atoms with van der Waals surface area (Å²) in [4.78, 5) is 25.6. The van der Waals surface area contributed by atoms with Crippen molar-refractivity contribution < 1.29 is 14.3 Å². The van der Waals surface area contributed by atoms with E-state index in [1.165, 1.54) is 0 Å². The normalized spacial score (nSPS) is 15.6. The van der Waals surface area contributed by atoms with E-state index in [-0.39, 0.29) is 18.3 Å². The Labute approximate surface area is 119 Å². The van der Waals surface area contributed by atoms with E-state index in [2.05, 4.69) is 0 Å². The molecule has 0 bridgehead atoms. The van der Waals surface area contributed by atoms with Crippen LogP contribution in [0.3, 0.4) is 0 Å². The summed E-state index contributed by atoms with van der Waals surface area (Å²) in [6.45, 7) is 6.27. The van der Waals surface area contributed by atoms with Crippen LogP contribution in [0, 0.1) is 0 Å². The maximum atomic E-state index is 12.0. The quantitative estimate of drug-likeness (QED) is 0.797. The summed E-state index contributed by atoms with van der Waals surface area (Å²) in [5.74, 6) is -0.141. The Balaban J connectivity index is 2.16. The molecule has 1 heterocycles. The molecule has 0 atom stereocenters. The Hall–Kier alpha value is -1.84. The van der Waals surface area contributed by atoms with Gasteiger partial charge in [0, 0.05) is 18.7 Å². The van der Waals surface area contributed by atoms with E-state index in [0.717, 1.165) is 24.2 Å². The van der Waals surface area contributed by atoms with E-state index in [0.29, 0.717) is 6.42 Å². The number of carbonyl (C=O) groups excluding carboxylic acids is 2. The Morgan fingerprint density at radius 3 is 2.60 bits per heavy atom. The molecule has 4 nitrogen and oxygen atoms in total. The highest BCUT2D eigenvalue weighted by atomic mass is 16.6. The molecule has 1 fully saturated rings. The van der Waals surface area contributed by atoms with Crippen LogP contribution in [0.25, 0.3) is 0 Å². The van der Waals surface area contributed by atoms with Crippen LogP contribution in [0.4, 0.5) is 5.69 Å². The van der Waals surface area contributed by atoms with Crippen LogP contribution in [0.2, 0.25) is 0 Å². The molecule has 2 rings (SSSR count). The lowest BCUT2D eigenvalue weighted by atomic mass is 10.1. The van der Waals surface area contributed by atoms with Crippen molar-refractivity contribution in [2.75, 3.05) is 11.4 Å². The number of esters is 1. The molecule has 4 heteroatoms. The van der Waals surface area contributed by atoms with E-state index >= 15 is 0 Å². The van der Waals surface area contributed by atoms with Gasteiger partial charge in [0.25, 0.3) is 0 Å². The van der Waals surface area contributed by atoms with Gasteiger partial charge in [0.1, 0.15) is 5.60 Å². The van der Waals surface area contributed by atoms with Crippen LogP contribution in [0.5, 0.6) is 0 Å². The molecule has 20 heavy (non-hydrogen) atoms. The number of rotatable bonds is 3. The SMILES string of the molecule is CC(C)(C)OC(=O)Cc1ccccc1N1CCCC1=O. The average molecular weight is 275 g/mol. The summed E-state index contributed by atoms with van der Waals surface area (Å²) in [5.41, 5.74) is 1.19. The minimum atomic E-state index is -0.491. The standard InChI is InChI=1S/C16H21NO3/c1-16(2,3)20-15(19)11-12-7-4-5-8-13(12)17-10-6-9-14(17)18/h4-5,7-8H,6,9-11H2,1-3H3. The molecule has 1 aliphatic rings. The van der Waals surface area contributed by atoms with Crippen molar-refractivity contribution in [1.82, 2.24) is 0 Å². The summed E-state index contributed by atoms with van der Waals surface area (Å²) in [5, 5.41) is 0. The molecule has 0 saturated carbocycles. The topological polar surface area (TPSA) is 46.6 Å². The lowest BCUT2D eigenvalue weighted by Crippen LogP contribution is -2.27. The molecule has 0 aromatic heterocycles. The Bertz CT molecular complexity index is 517. The van der Waals surface area contributed by atoms with Gasteiger partial charge >= 0.3 is 5.97 Å². The number of hydrogen-bond acceptors (Lipinski definition) is 3. The molecule has 1 saturated heterocycles. The number of para-hydroxylation sites is 1. The molecule has 1 aliphatic heterocycles. The molecular formula is C16H21NO3. The lowest BCUT2D eigenvalue weighted by molar-refractivity contribution is -0.153. The molecule has 0 N–H and O–H groups in total. The molecular weight excluding hydrogens is 254 g/mol. The molecule has 1 amide bonds. The fourth-order valence-electron chi connectivity index (χ4n) is 2.36. The van der Waals surface area contributed by atoms with Gasteiger partial charge in [-0.3, -0.25) is 9.59 Å². The van der Waals surface area contributed by atoms with Gasteiger partial charge < -0.3 is 9.64 Å². The van der Waals surface area contributed by atoms with E-state index < -0.39 is 5.60 Å². The highest BCUT2D eigenvalue weighted by Gasteiger charge is 2.25. The second-order valence-electron chi connectivity index (χ2n) is 6.04. The summed E-state index contributed by atoms with van der Waals surface area (Å²) in [6, 6.07) is 7.54. The van der Waals surface area contributed by atoms with Gasteiger partial charge in [-0.25, -0.2) is 0 Å². The van der Waals surface area contributed by atoms with Crippen molar-refractivity contribution in [3.05, 3.63) is 29.8 Å². The number of nitrogens with zero attached hydrogens (tertiary/aromatic N) is 1. The minimum Gasteiger partial charge on any atom is -0.460 e. The fourth-order valence-corrected chi connectivity index (χ4v) is 2.36. The van der Waals surface area contributed by atoms with Crippen LogP contribution < -0.4 is 4.90 Å². The summed E-state index contributed by atoms with van der Waals surface area (Å²) >= 11 is 0. The van der Waals surface area contributed by atoms with Crippen molar-refractivity contribution in [3.8, 4) is 0 Å². The first-order valence-electron chi connectivity index (χ1n) is 6.97. The largest absolute Gasteiger partial charge is 0.460 e. The molecule has 0 spiro atoms. The van der Waals surface area contributed by atoms with E-state index in [1.807, 2.05) is 45.0 Å². The maximum Gasteiger partial charge on any atom is 0.310 e. The number of hydrogen-bond donors (Lipinski definition) is 0. The first-order chi connectivity index (χ1) is 9.37. The zero-order valence-electron chi connectivity index (χ0n) is 12.3. The Morgan fingerprint density at radius 1 is 1.30 bits per heavy atom. The zero-order valence-corrected chi connectivity index (χ0v) is 12.3. The van der Waals surface area contributed by atoms with Gasteiger partial charge in [-0.15, -0.1) is 0 Å². The number of carbonyl (C=O) groups is 2. The van der Waals surface area contributed by atoms with E-state index in [1.54, 1.807) is 4.90 Å². The van der Waals surface area contributed by atoms with Crippen molar-refractivity contribution in [2.24, 2.45) is 0 Å². The van der Waals surface area contributed by atoms with Gasteiger partial charge in [-0.1, -0.05) is 18.2 Å². The van der Waals surface area contributed by atoms with E-state index in [4.69, 9.17) is 4.74 Å². The maximum absolute atomic E-state index is 12.0. The average Bonchev–Trinajstić information content (AvgIpc) is 2.73. The van der Waals surface area contributed by atoms with Gasteiger partial charge in [0.05, 0.1) is 6.42 Å². The van der Waals surface area contributed by atoms with Gasteiger partial charge in [0.2, 0.25) is 5.91 Å². The number of amides is 1. The van der Waals surface area contributed by atoms with Gasteiger partial charge in [0.15, 0.2) is 0 Å². The highest BCUT2D eigenvalue weighted by Crippen LogP contribution is 2.26. The fraction of sp³-hybridized carbons (Fsp3) is 0.500. The Morgan fingerprint density at radius 2 is 2.00 bits per heavy atom. The molecule has 0 aliphatic carbocycles.